The van der Waals surface area contributed by atoms with Gasteiger partial charge < -0.3 is 30.2 Å². The van der Waals surface area contributed by atoms with E-state index < -0.39 is 87.6 Å². The third-order valence-electron chi connectivity index (χ3n) is 12.6. The molecule has 0 spiro atoms. The minimum atomic E-state index is -3.65. The van der Waals surface area contributed by atoms with Crippen molar-refractivity contribution in [3.63, 3.8) is 0 Å². The molecular weight excluding hydrogens is 1290 g/mol. The average molecular weight is 1380 g/mol. The van der Waals surface area contributed by atoms with Gasteiger partial charge in [0, 0.05) is 22.6 Å². The normalized spacial score (nSPS) is 13.1. The van der Waals surface area contributed by atoms with Crippen LogP contribution in [0.5, 0.6) is 5.75 Å². The van der Waals surface area contributed by atoms with E-state index in [0.29, 0.717) is 39.1 Å². The molecule has 0 aliphatic rings. The van der Waals surface area contributed by atoms with Crippen LogP contribution in [0.1, 0.15) is 145 Å². The standard InChI is InChI=1S/C24H28N2O4S.C21H30N2O4S.C18H26N2O4S.C3H5I/c1-5-6-23(20-11-9-19(15-25)10-12-20)31(28,29)16-22(17(2)3)26-24(27)30-21-13-7-18(4)8-14-21;1-7-8-19(17-11-9-16(13-22)10-12-17)28(25,26)14-18(15(2)3)23-20(24)27-21(4,5)6;1-13(2)16(20-17(21)24-18(3,4)5)12-25(22,23)11-15-8-6-14(10-19)7-9-15;1-2-3-4/h5,7-14,17,22-23H,1,6,16H2,2-4H3,(H,26,27);7,9-12,15,18-19H,1,8,14H2,2-6H3,(H,23,24);6-9,13,16H,11-12H2,1-5H3,(H,20,21);2H,1,3H2/t22-,23+;18-,19+;16-;/m111./s1. The average Bonchev–Trinajstić information content (AvgIpc) is 2.57. The van der Waals surface area contributed by atoms with Gasteiger partial charge in [-0.2, -0.15) is 15.8 Å². The summed E-state index contributed by atoms with van der Waals surface area (Å²) in [6, 6.07) is 30.7. The number of nitrogens with zero attached hydrogens (tertiary/aromatic N) is 3. The van der Waals surface area contributed by atoms with Gasteiger partial charge in [-0.1, -0.05) is 136 Å². The van der Waals surface area contributed by atoms with Gasteiger partial charge in [-0.25, -0.2) is 39.6 Å². The summed E-state index contributed by atoms with van der Waals surface area (Å²) in [4.78, 5) is 36.4. The van der Waals surface area contributed by atoms with Gasteiger partial charge in [0.2, 0.25) is 0 Å². The van der Waals surface area contributed by atoms with Crippen LogP contribution in [0.4, 0.5) is 14.4 Å². The number of ether oxygens (including phenoxy) is 3. The lowest BCUT2D eigenvalue weighted by molar-refractivity contribution is 0.0485. The lowest BCUT2D eigenvalue weighted by Gasteiger charge is -2.27. The molecule has 3 amide bonds. The van der Waals surface area contributed by atoms with Gasteiger partial charge in [0.25, 0.3) is 0 Å². The monoisotopic (exact) mass is 1380 g/mol. The Morgan fingerprint density at radius 3 is 1.14 bits per heavy atom. The minimum absolute atomic E-state index is 0.0664. The summed E-state index contributed by atoms with van der Waals surface area (Å²) in [5.74, 6) is -0.701. The highest BCUT2D eigenvalue weighted by atomic mass is 127. The smallest absolute Gasteiger partial charge is 0.412 e. The molecule has 3 N–H and O–H groups in total. The van der Waals surface area contributed by atoms with Gasteiger partial charge in [0.05, 0.1) is 68.4 Å². The lowest BCUT2D eigenvalue weighted by Crippen LogP contribution is -2.46. The van der Waals surface area contributed by atoms with Crippen molar-refractivity contribution in [1.82, 2.24) is 16.0 Å². The molecule has 0 heterocycles. The molecular formula is C66H89IN6O12S3. The molecule has 0 saturated heterocycles. The first kappa shape index (κ1) is 79.0. The van der Waals surface area contributed by atoms with Crippen LogP contribution in [-0.2, 0) is 44.7 Å². The van der Waals surface area contributed by atoms with E-state index in [1.165, 1.54) is 0 Å². The minimum Gasteiger partial charge on any atom is -0.444 e. The van der Waals surface area contributed by atoms with E-state index in [1.807, 2.05) is 84.9 Å². The molecule has 0 fully saturated rings. The van der Waals surface area contributed by atoms with Crippen LogP contribution in [0.3, 0.4) is 0 Å². The fourth-order valence-corrected chi connectivity index (χ4v) is 14.1. The molecule has 0 aliphatic heterocycles. The second-order valence-electron chi connectivity index (χ2n) is 23.6. The second-order valence-corrected chi connectivity index (χ2v) is 31.1. The molecule has 0 aliphatic carbocycles. The van der Waals surface area contributed by atoms with E-state index in [9.17, 15) is 39.6 Å². The zero-order valence-electron chi connectivity index (χ0n) is 53.0. The molecule has 0 unspecified atom stereocenters. The van der Waals surface area contributed by atoms with Crippen LogP contribution in [0.2, 0.25) is 0 Å². The maximum atomic E-state index is 13.3. The van der Waals surface area contributed by atoms with E-state index in [2.05, 4.69) is 58.3 Å². The van der Waals surface area contributed by atoms with Gasteiger partial charge >= 0.3 is 18.3 Å². The Hall–Kier alpha value is -7.04. The fraction of sp³-hybridized carbons (Fsp3) is 0.455. The van der Waals surface area contributed by atoms with Crippen molar-refractivity contribution in [1.29, 1.82) is 15.8 Å². The van der Waals surface area contributed by atoms with Crippen LogP contribution >= 0.6 is 22.6 Å². The molecule has 0 saturated carbocycles. The molecule has 4 rings (SSSR count). The topological polar surface area (TPSA) is 289 Å². The first-order chi connectivity index (χ1) is 40.9. The van der Waals surface area contributed by atoms with Crippen LogP contribution in [0.25, 0.3) is 0 Å². The van der Waals surface area contributed by atoms with Gasteiger partial charge in [0.15, 0.2) is 29.5 Å². The number of alkyl carbamates (subject to hydrolysis) is 2. The Kier molecular flexibility index (Phi) is 33.9. The first-order valence-electron chi connectivity index (χ1n) is 28.4. The van der Waals surface area contributed by atoms with E-state index in [0.717, 1.165) is 9.99 Å². The number of rotatable bonds is 24. The number of carbonyl (C=O) groups excluding carboxylic acids is 3. The number of alkyl halides is 1. The Bertz CT molecular complexity index is 3360. The van der Waals surface area contributed by atoms with Crippen molar-refractivity contribution in [2.75, 3.05) is 21.7 Å². The molecule has 4 aromatic carbocycles. The first-order valence-corrected chi connectivity index (χ1v) is 35.2. The van der Waals surface area contributed by atoms with E-state index in [4.69, 9.17) is 30.0 Å². The molecule has 0 aromatic heterocycles. The van der Waals surface area contributed by atoms with Gasteiger partial charge in [-0.05, 0) is 144 Å². The van der Waals surface area contributed by atoms with Crippen molar-refractivity contribution in [2.24, 2.45) is 17.8 Å². The van der Waals surface area contributed by atoms with Crippen molar-refractivity contribution in [2.45, 2.75) is 148 Å². The SMILES string of the molecule is C=CCI.C=CC[C@@H](c1ccc(C#N)cc1)S(=O)(=O)C[C@@H](NC(=O)OC(C)(C)C)C(C)C.C=CC[C@@H](c1ccc(C#N)cc1)S(=O)(=O)C[C@@H](NC(=O)Oc1ccc(C)cc1)C(C)C.CC(C)[C@@H](CS(=O)(=O)Cc1ccc(C#N)cc1)NC(=O)OC(C)(C)C. The number of halogens is 1. The molecule has 22 heteroatoms. The number of nitrogens with one attached hydrogen (secondary N) is 3. The number of hydrogen-bond acceptors (Lipinski definition) is 15. The third-order valence-corrected chi connectivity index (χ3v) is 19.2. The zero-order valence-corrected chi connectivity index (χ0v) is 57.6. The summed E-state index contributed by atoms with van der Waals surface area (Å²) in [6.07, 6.45) is 3.49. The summed E-state index contributed by atoms with van der Waals surface area (Å²) >= 11 is 2.23. The van der Waals surface area contributed by atoms with Crippen molar-refractivity contribution in [3.05, 3.63) is 174 Å². The number of allylic oxidation sites excluding steroid dienone is 3. The van der Waals surface area contributed by atoms with E-state index in [1.54, 1.807) is 139 Å². The maximum absolute atomic E-state index is 13.3. The highest BCUT2D eigenvalue weighted by molar-refractivity contribution is 14.1. The van der Waals surface area contributed by atoms with Gasteiger partial charge in [0.1, 0.15) is 17.0 Å². The number of carbonyl (C=O) groups is 3. The number of sulfone groups is 3. The predicted molar refractivity (Wildman–Crippen MR) is 358 cm³/mol. The number of aryl methyl sites for hydroxylation is 1. The lowest BCUT2D eigenvalue weighted by atomic mass is 10.1. The summed E-state index contributed by atoms with van der Waals surface area (Å²) in [6.45, 7) is 34.3. The van der Waals surface area contributed by atoms with Crippen LogP contribution in [0.15, 0.2) is 135 Å². The summed E-state index contributed by atoms with van der Waals surface area (Å²) in [7, 11) is -10.7. The highest BCUT2D eigenvalue weighted by Crippen LogP contribution is 2.31. The van der Waals surface area contributed by atoms with Crippen LogP contribution in [0, 0.1) is 58.7 Å². The summed E-state index contributed by atoms with van der Waals surface area (Å²) < 4.78 is 94.6. The largest absolute Gasteiger partial charge is 0.444 e. The second kappa shape index (κ2) is 37.7. The number of amides is 3. The molecule has 88 heavy (non-hydrogen) atoms. The Balaban J connectivity index is 0.000000643. The summed E-state index contributed by atoms with van der Waals surface area (Å²) in [5, 5.41) is 33.1. The molecule has 4 aromatic rings. The van der Waals surface area contributed by atoms with Crippen LogP contribution in [-0.4, -0.2) is 94.5 Å². The highest BCUT2D eigenvalue weighted by Gasteiger charge is 2.34. The molecule has 5 atom stereocenters. The summed E-state index contributed by atoms with van der Waals surface area (Å²) in [5.41, 5.74) is 2.92. The Morgan fingerprint density at radius 2 is 0.841 bits per heavy atom. The molecule has 18 nitrogen and oxygen atoms in total. The zero-order chi connectivity index (χ0) is 67.2. The van der Waals surface area contributed by atoms with Crippen LogP contribution < -0.4 is 20.7 Å². The number of hydrogen-bond donors (Lipinski definition) is 3. The maximum Gasteiger partial charge on any atom is 0.412 e. The van der Waals surface area contributed by atoms with E-state index in [-0.39, 0.29) is 53.6 Å². The Morgan fingerprint density at radius 1 is 0.523 bits per heavy atom. The molecule has 480 valence electrons. The Labute approximate surface area is 538 Å². The van der Waals surface area contributed by atoms with Gasteiger partial charge in [-0.3, -0.25) is 0 Å². The molecule has 0 radical (unpaired) electrons. The van der Waals surface area contributed by atoms with Crippen molar-refractivity contribution in [3.8, 4) is 24.0 Å². The van der Waals surface area contributed by atoms with Crippen molar-refractivity contribution < 1.29 is 53.8 Å². The third kappa shape index (κ3) is 31.2. The molecule has 0 bridgehead atoms. The number of benzene rings is 4. The fourth-order valence-electron chi connectivity index (χ4n) is 7.84. The number of nitriles is 3. The van der Waals surface area contributed by atoms with Gasteiger partial charge in [-0.15, -0.1) is 19.7 Å². The predicted octanol–water partition coefficient (Wildman–Crippen LogP) is 13.5. The van der Waals surface area contributed by atoms with Crippen molar-refractivity contribution >= 4 is 70.4 Å². The van der Waals surface area contributed by atoms with E-state index >= 15 is 0 Å². The quantitative estimate of drug-likeness (QED) is 0.0334.